The molecule has 0 heterocycles. The van der Waals surface area contributed by atoms with E-state index in [0.29, 0.717) is 4.47 Å². The van der Waals surface area contributed by atoms with E-state index < -0.39 is 0 Å². The molecule has 0 aromatic heterocycles. The number of rotatable bonds is 5. The quantitative estimate of drug-likeness (QED) is 0.639. The van der Waals surface area contributed by atoms with Gasteiger partial charge in [-0.05, 0) is 40.0 Å². The fourth-order valence-electron chi connectivity index (χ4n) is 1.48. The Morgan fingerprint density at radius 2 is 2.27 bits per heavy atom. The van der Waals surface area contributed by atoms with Gasteiger partial charge in [-0.3, -0.25) is 11.3 Å². The third-order valence-electron chi connectivity index (χ3n) is 2.39. The summed E-state index contributed by atoms with van der Waals surface area (Å²) in [5, 5.41) is 0. The first-order chi connectivity index (χ1) is 7.19. The summed E-state index contributed by atoms with van der Waals surface area (Å²) in [4.78, 5) is 0. The molecule has 4 heteroatoms. The van der Waals surface area contributed by atoms with Crippen LogP contribution in [0.25, 0.3) is 0 Å². The number of hydrogen-bond donors (Lipinski definition) is 2. The summed E-state index contributed by atoms with van der Waals surface area (Å²) in [5.74, 6) is 5.23. The number of nitrogens with one attached hydrogen (secondary N) is 1. The van der Waals surface area contributed by atoms with E-state index in [0.717, 1.165) is 24.8 Å². The second-order valence-corrected chi connectivity index (χ2v) is 4.39. The SMILES string of the molecule is CCCCC(NN)c1ccc(F)c(Br)c1. The Hall–Kier alpha value is -0.450. The molecule has 15 heavy (non-hydrogen) atoms. The minimum atomic E-state index is -0.245. The molecule has 0 aliphatic heterocycles. The van der Waals surface area contributed by atoms with Gasteiger partial charge in [-0.15, -0.1) is 0 Å². The van der Waals surface area contributed by atoms with E-state index in [1.807, 2.05) is 0 Å². The number of hydrazine groups is 1. The van der Waals surface area contributed by atoms with Crippen molar-refractivity contribution in [1.82, 2.24) is 5.43 Å². The van der Waals surface area contributed by atoms with Gasteiger partial charge in [0.05, 0.1) is 4.47 Å². The van der Waals surface area contributed by atoms with Crippen LogP contribution in [0.1, 0.15) is 37.8 Å². The standard InChI is InChI=1S/C11H16BrFN2/c1-2-3-4-11(15-14)8-5-6-10(13)9(12)7-8/h5-7,11,15H,2-4,14H2,1H3. The van der Waals surface area contributed by atoms with Gasteiger partial charge in [-0.25, -0.2) is 4.39 Å². The summed E-state index contributed by atoms with van der Waals surface area (Å²) in [6, 6.07) is 5.09. The number of nitrogens with two attached hydrogens (primary N) is 1. The number of benzene rings is 1. The second kappa shape index (κ2) is 6.20. The molecule has 0 saturated carbocycles. The van der Waals surface area contributed by atoms with Crippen LogP contribution in [-0.2, 0) is 0 Å². The van der Waals surface area contributed by atoms with Crippen LogP contribution in [0.3, 0.4) is 0 Å². The van der Waals surface area contributed by atoms with E-state index in [4.69, 9.17) is 5.84 Å². The monoisotopic (exact) mass is 274 g/mol. The van der Waals surface area contributed by atoms with Crippen molar-refractivity contribution in [2.45, 2.75) is 32.2 Å². The fraction of sp³-hybridized carbons (Fsp3) is 0.455. The second-order valence-electron chi connectivity index (χ2n) is 3.54. The zero-order valence-electron chi connectivity index (χ0n) is 8.76. The molecule has 0 spiro atoms. The van der Waals surface area contributed by atoms with Gasteiger partial charge in [0.25, 0.3) is 0 Å². The van der Waals surface area contributed by atoms with Crippen molar-refractivity contribution in [2.24, 2.45) is 5.84 Å². The average molecular weight is 275 g/mol. The van der Waals surface area contributed by atoms with Gasteiger partial charge in [-0.2, -0.15) is 0 Å². The molecule has 0 amide bonds. The molecule has 1 rings (SSSR count). The number of halogens is 2. The summed E-state index contributed by atoms with van der Waals surface area (Å²) < 4.78 is 13.5. The summed E-state index contributed by atoms with van der Waals surface area (Å²) in [6.45, 7) is 2.13. The van der Waals surface area contributed by atoms with Crippen molar-refractivity contribution in [2.75, 3.05) is 0 Å². The number of hydrogen-bond acceptors (Lipinski definition) is 2. The molecule has 1 unspecified atom stereocenters. The lowest BCUT2D eigenvalue weighted by Gasteiger charge is -2.16. The van der Waals surface area contributed by atoms with Crippen LogP contribution in [0.5, 0.6) is 0 Å². The Balaban J connectivity index is 2.78. The highest BCUT2D eigenvalue weighted by molar-refractivity contribution is 9.10. The molecule has 84 valence electrons. The molecule has 0 aliphatic rings. The van der Waals surface area contributed by atoms with Gasteiger partial charge in [0.1, 0.15) is 5.82 Å². The van der Waals surface area contributed by atoms with Crippen LogP contribution in [0.2, 0.25) is 0 Å². The van der Waals surface area contributed by atoms with Crippen molar-refractivity contribution in [3.8, 4) is 0 Å². The van der Waals surface area contributed by atoms with E-state index in [-0.39, 0.29) is 11.9 Å². The zero-order chi connectivity index (χ0) is 11.3. The molecule has 0 aliphatic carbocycles. The smallest absolute Gasteiger partial charge is 0.137 e. The minimum Gasteiger partial charge on any atom is -0.271 e. The molecule has 1 aromatic carbocycles. The molecule has 0 saturated heterocycles. The van der Waals surface area contributed by atoms with E-state index >= 15 is 0 Å². The third-order valence-corrected chi connectivity index (χ3v) is 3.00. The van der Waals surface area contributed by atoms with Gasteiger partial charge in [0, 0.05) is 6.04 Å². The maximum absolute atomic E-state index is 13.0. The lowest BCUT2D eigenvalue weighted by Crippen LogP contribution is -2.28. The van der Waals surface area contributed by atoms with Gasteiger partial charge < -0.3 is 0 Å². The van der Waals surface area contributed by atoms with Crippen molar-refractivity contribution in [3.05, 3.63) is 34.1 Å². The fourth-order valence-corrected chi connectivity index (χ4v) is 1.88. The third kappa shape index (κ3) is 3.55. The van der Waals surface area contributed by atoms with E-state index in [2.05, 4.69) is 28.3 Å². The molecule has 2 nitrogen and oxygen atoms in total. The van der Waals surface area contributed by atoms with Gasteiger partial charge in [-0.1, -0.05) is 25.8 Å². The normalized spacial score (nSPS) is 12.8. The molecule has 3 N–H and O–H groups in total. The van der Waals surface area contributed by atoms with Gasteiger partial charge in [0.15, 0.2) is 0 Å². The molecular weight excluding hydrogens is 259 g/mol. The van der Waals surface area contributed by atoms with Crippen LogP contribution in [-0.4, -0.2) is 0 Å². The molecule has 0 bridgehead atoms. The Morgan fingerprint density at radius 3 is 2.80 bits per heavy atom. The summed E-state index contributed by atoms with van der Waals surface area (Å²) in [6.07, 6.45) is 3.19. The first-order valence-corrected chi connectivity index (χ1v) is 5.89. The summed E-state index contributed by atoms with van der Waals surface area (Å²) >= 11 is 3.17. The van der Waals surface area contributed by atoms with Crippen molar-refractivity contribution >= 4 is 15.9 Å². The van der Waals surface area contributed by atoms with Crippen LogP contribution in [0, 0.1) is 5.82 Å². The first kappa shape index (κ1) is 12.6. The molecule has 0 radical (unpaired) electrons. The van der Waals surface area contributed by atoms with E-state index in [1.54, 1.807) is 12.1 Å². The Bertz CT molecular complexity index is 317. The van der Waals surface area contributed by atoms with E-state index in [1.165, 1.54) is 6.07 Å². The van der Waals surface area contributed by atoms with Crippen LogP contribution in [0.4, 0.5) is 4.39 Å². The van der Waals surface area contributed by atoms with Crippen LogP contribution < -0.4 is 11.3 Å². The lowest BCUT2D eigenvalue weighted by molar-refractivity contribution is 0.493. The highest BCUT2D eigenvalue weighted by Crippen LogP contribution is 2.23. The molecule has 1 aromatic rings. The average Bonchev–Trinajstić information content (AvgIpc) is 2.24. The largest absolute Gasteiger partial charge is 0.271 e. The molecule has 0 fully saturated rings. The van der Waals surface area contributed by atoms with Gasteiger partial charge in [0.2, 0.25) is 0 Å². The van der Waals surface area contributed by atoms with E-state index in [9.17, 15) is 4.39 Å². The Labute approximate surface area is 98.1 Å². The maximum Gasteiger partial charge on any atom is 0.137 e. The highest BCUT2D eigenvalue weighted by atomic mass is 79.9. The van der Waals surface area contributed by atoms with Crippen LogP contribution in [0.15, 0.2) is 22.7 Å². The predicted octanol–water partition coefficient (Wildman–Crippen LogP) is 3.28. The number of unbranched alkanes of at least 4 members (excludes halogenated alkanes) is 1. The topological polar surface area (TPSA) is 38.0 Å². The minimum absolute atomic E-state index is 0.0989. The van der Waals surface area contributed by atoms with Gasteiger partial charge >= 0.3 is 0 Å². The predicted molar refractivity (Wildman–Crippen MR) is 63.7 cm³/mol. The first-order valence-electron chi connectivity index (χ1n) is 5.10. The Kier molecular flexibility index (Phi) is 5.22. The summed E-state index contributed by atoms with van der Waals surface area (Å²) in [5.41, 5.74) is 3.77. The lowest BCUT2D eigenvalue weighted by atomic mass is 10.0. The van der Waals surface area contributed by atoms with Crippen LogP contribution >= 0.6 is 15.9 Å². The molecular formula is C11H16BrFN2. The Morgan fingerprint density at radius 1 is 1.53 bits per heavy atom. The maximum atomic E-state index is 13.0. The van der Waals surface area contributed by atoms with Crippen molar-refractivity contribution in [1.29, 1.82) is 0 Å². The highest BCUT2D eigenvalue weighted by Gasteiger charge is 2.10. The summed E-state index contributed by atoms with van der Waals surface area (Å²) in [7, 11) is 0. The molecule has 1 atom stereocenters. The van der Waals surface area contributed by atoms with Crippen molar-refractivity contribution < 1.29 is 4.39 Å². The van der Waals surface area contributed by atoms with Crippen molar-refractivity contribution in [3.63, 3.8) is 0 Å². The zero-order valence-corrected chi connectivity index (χ0v) is 10.3.